The van der Waals surface area contributed by atoms with Gasteiger partial charge in [0.15, 0.2) is 11.5 Å². The fourth-order valence-corrected chi connectivity index (χ4v) is 1.67. The molecular weight excluding hydrogens is 224 g/mol. The highest BCUT2D eigenvalue weighted by molar-refractivity contribution is 5.54. The lowest BCUT2D eigenvalue weighted by molar-refractivity contribution is 0.284. The molecule has 2 aromatic carbocycles. The normalized spacial score (nSPS) is 9.83. The van der Waals surface area contributed by atoms with E-state index in [9.17, 15) is 0 Å². The molecule has 0 aliphatic rings. The Hall–Kier alpha value is -2.22. The first-order chi connectivity index (χ1) is 8.83. The highest BCUT2D eigenvalue weighted by Gasteiger charge is 2.04. The summed E-state index contributed by atoms with van der Waals surface area (Å²) in [5.74, 6) is 1.47. The van der Waals surface area contributed by atoms with E-state index in [1.165, 1.54) is 0 Å². The largest absolute Gasteiger partial charge is 0.493 e. The van der Waals surface area contributed by atoms with Gasteiger partial charge in [-0.15, -0.1) is 0 Å². The lowest BCUT2D eigenvalue weighted by Gasteiger charge is -2.11. The minimum atomic E-state index is 0.526. The number of rotatable bonds is 5. The van der Waals surface area contributed by atoms with Gasteiger partial charge in [0.1, 0.15) is 6.61 Å². The average molecular weight is 240 g/mol. The molecule has 92 valence electrons. The van der Waals surface area contributed by atoms with E-state index in [4.69, 9.17) is 9.47 Å². The molecule has 0 aliphatic heterocycles. The predicted octanol–water partition coefficient (Wildman–Crippen LogP) is 3.92. The van der Waals surface area contributed by atoms with Gasteiger partial charge in [-0.3, -0.25) is 0 Å². The van der Waals surface area contributed by atoms with E-state index in [0.29, 0.717) is 6.61 Å². The first-order valence-corrected chi connectivity index (χ1v) is 5.80. The fourth-order valence-electron chi connectivity index (χ4n) is 1.67. The van der Waals surface area contributed by atoms with Crippen LogP contribution in [-0.4, -0.2) is 7.11 Å². The molecule has 0 saturated heterocycles. The molecule has 2 aromatic rings. The molecule has 0 N–H and O–H groups in total. The Morgan fingerprint density at radius 2 is 1.83 bits per heavy atom. The standard InChI is InChI=1S/C16H16O2/c1-3-13-9-10-15(17-2)16(11-13)18-12-14-7-5-4-6-8-14/h3-11H,1,12H2,2H3. The molecular formula is C16H16O2. The molecule has 0 unspecified atom stereocenters. The summed E-state index contributed by atoms with van der Waals surface area (Å²) in [5.41, 5.74) is 2.14. The highest BCUT2D eigenvalue weighted by atomic mass is 16.5. The van der Waals surface area contributed by atoms with Gasteiger partial charge in [-0.2, -0.15) is 0 Å². The first kappa shape index (κ1) is 12.2. The van der Waals surface area contributed by atoms with Gasteiger partial charge in [0.05, 0.1) is 7.11 Å². The quantitative estimate of drug-likeness (QED) is 0.788. The molecule has 0 heterocycles. The SMILES string of the molecule is C=Cc1ccc(OC)c(OCc2ccccc2)c1. The molecule has 0 radical (unpaired) electrons. The third-order valence-corrected chi connectivity index (χ3v) is 2.66. The van der Waals surface area contributed by atoms with Crippen molar-refractivity contribution >= 4 is 6.08 Å². The fraction of sp³-hybridized carbons (Fsp3) is 0.125. The molecule has 0 spiro atoms. The Balaban J connectivity index is 2.15. The summed E-state index contributed by atoms with van der Waals surface area (Å²) in [6, 6.07) is 15.8. The zero-order valence-electron chi connectivity index (χ0n) is 10.4. The number of hydrogen-bond acceptors (Lipinski definition) is 2. The summed E-state index contributed by atoms with van der Waals surface area (Å²) in [6.45, 7) is 4.28. The zero-order valence-corrected chi connectivity index (χ0v) is 10.4. The summed E-state index contributed by atoms with van der Waals surface area (Å²) in [4.78, 5) is 0. The van der Waals surface area contributed by atoms with Crippen LogP contribution in [0.3, 0.4) is 0 Å². The summed E-state index contributed by atoms with van der Waals surface area (Å²) < 4.78 is 11.1. The molecule has 2 rings (SSSR count). The van der Waals surface area contributed by atoms with Crippen LogP contribution in [0.25, 0.3) is 6.08 Å². The second-order valence-electron chi connectivity index (χ2n) is 3.89. The monoisotopic (exact) mass is 240 g/mol. The van der Waals surface area contributed by atoms with Gasteiger partial charge in [0.25, 0.3) is 0 Å². The van der Waals surface area contributed by atoms with Crippen molar-refractivity contribution in [1.29, 1.82) is 0 Å². The van der Waals surface area contributed by atoms with Crippen molar-refractivity contribution in [1.82, 2.24) is 0 Å². The molecule has 0 amide bonds. The second-order valence-corrected chi connectivity index (χ2v) is 3.89. The average Bonchev–Trinajstić information content (AvgIpc) is 2.45. The first-order valence-electron chi connectivity index (χ1n) is 5.80. The minimum absolute atomic E-state index is 0.526. The molecule has 0 saturated carbocycles. The van der Waals surface area contributed by atoms with Crippen molar-refractivity contribution in [2.45, 2.75) is 6.61 Å². The van der Waals surface area contributed by atoms with Crippen LogP contribution in [0.15, 0.2) is 55.1 Å². The van der Waals surface area contributed by atoms with Crippen LogP contribution in [0.1, 0.15) is 11.1 Å². The zero-order chi connectivity index (χ0) is 12.8. The van der Waals surface area contributed by atoms with Crippen LogP contribution in [0, 0.1) is 0 Å². The maximum atomic E-state index is 5.78. The van der Waals surface area contributed by atoms with Gasteiger partial charge >= 0.3 is 0 Å². The summed E-state index contributed by atoms with van der Waals surface area (Å²) >= 11 is 0. The van der Waals surface area contributed by atoms with E-state index in [0.717, 1.165) is 22.6 Å². The predicted molar refractivity (Wildman–Crippen MR) is 73.9 cm³/mol. The third-order valence-electron chi connectivity index (χ3n) is 2.66. The van der Waals surface area contributed by atoms with Crippen LogP contribution in [0.2, 0.25) is 0 Å². The molecule has 18 heavy (non-hydrogen) atoms. The van der Waals surface area contributed by atoms with E-state index in [2.05, 4.69) is 6.58 Å². The smallest absolute Gasteiger partial charge is 0.162 e. The van der Waals surface area contributed by atoms with Gasteiger partial charge in [-0.05, 0) is 23.3 Å². The summed E-state index contributed by atoms with van der Waals surface area (Å²) in [6.07, 6.45) is 1.79. The number of methoxy groups -OCH3 is 1. The van der Waals surface area contributed by atoms with Crippen LogP contribution < -0.4 is 9.47 Å². The van der Waals surface area contributed by atoms with Crippen molar-refractivity contribution in [3.05, 3.63) is 66.2 Å². The Bertz CT molecular complexity index is 518. The summed E-state index contributed by atoms with van der Waals surface area (Å²) in [7, 11) is 1.64. The van der Waals surface area contributed by atoms with Gasteiger partial charge in [-0.25, -0.2) is 0 Å². The second kappa shape index (κ2) is 5.92. The van der Waals surface area contributed by atoms with Gasteiger partial charge in [0, 0.05) is 0 Å². The topological polar surface area (TPSA) is 18.5 Å². The minimum Gasteiger partial charge on any atom is -0.493 e. The molecule has 2 heteroatoms. The Morgan fingerprint density at radius 3 is 2.50 bits per heavy atom. The number of ether oxygens (including phenoxy) is 2. The molecule has 0 fully saturated rings. The molecule has 0 bridgehead atoms. The third kappa shape index (κ3) is 2.92. The van der Waals surface area contributed by atoms with Crippen molar-refractivity contribution in [3.8, 4) is 11.5 Å². The number of hydrogen-bond donors (Lipinski definition) is 0. The van der Waals surface area contributed by atoms with Crippen LogP contribution in [-0.2, 0) is 6.61 Å². The van der Waals surface area contributed by atoms with E-state index >= 15 is 0 Å². The van der Waals surface area contributed by atoms with E-state index in [-0.39, 0.29) is 0 Å². The van der Waals surface area contributed by atoms with E-state index < -0.39 is 0 Å². The van der Waals surface area contributed by atoms with Crippen molar-refractivity contribution < 1.29 is 9.47 Å². The summed E-state index contributed by atoms with van der Waals surface area (Å²) in [5, 5.41) is 0. The van der Waals surface area contributed by atoms with Gasteiger partial charge in [-0.1, -0.05) is 49.1 Å². The maximum absolute atomic E-state index is 5.78. The molecule has 0 aromatic heterocycles. The lowest BCUT2D eigenvalue weighted by atomic mass is 10.2. The van der Waals surface area contributed by atoms with E-state index in [1.807, 2.05) is 48.5 Å². The van der Waals surface area contributed by atoms with Gasteiger partial charge < -0.3 is 9.47 Å². The van der Waals surface area contributed by atoms with E-state index in [1.54, 1.807) is 13.2 Å². The Labute approximate surface area is 107 Å². The molecule has 2 nitrogen and oxygen atoms in total. The van der Waals surface area contributed by atoms with Crippen molar-refractivity contribution in [2.24, 2.45) is 0 Å². The lowest BCUT2D eigenvalue weighted by Crippen LogP contribution is -1.97. The van der Waals surface area contributed by atoms with Crippen molar-refractivity contribution in [3.63, 3.8) is 0 Å². The van der Waals surface area contributed by atoms with Crippen LogP contribution in [0.4, 0.5) is 0 Å². The number of benzene rings is 2. The van der Waals surface area contributed by atoms with Crippen molar-refractivity contribution in [2.75, 3.05) is 7.11 Å². The van der Waals surface area contributed by atoms with Crippen LogP contribution in [0.5, 0.6) is 11.5 Å². The maximum Gasteiger partial charge on any atom is 0.162 e. The molecule has 0 atom stereocenters. The molecule has 0 aliphatic carbocycles. The Morgan fingerprint density at radius 1 is 1.06 bits per heavy atom. The highest BCUT2D eigenvalue weighted by Crippen LogP contribution is 2.29. The van der Waals surface area contributed by atoms with Crippen LogP contribution >= 0.6 is 0 Å². The Kier molecular flexibility index (Phi) is 4.02. The van der Waals surface area contributed by atoms with Gasteiger partial charge in [0.2, 0.25) is 0 Å².